The van der Waals surface area contributed by atoms with E-state index in [1.54, 1.807) is 25.7 Å². The molecule has 0 fully saturated rings. The van der Waals surface area contributed by atoms with Crippen molar-refractivity contribution in [2.45, 2.75) is 18.4 Å². The van der Waals surface area contributed by atoms with Crippen LogP contribution in [0.5, 0.6) is 0 Å². The van der Waals surface area contributed by atoms with E-state index in [0.717, 1.165) is 6.54 Å². The molecule has 0 amide bonds. The number of sulfone groups is 1. The summed E-state index contributed by atoms with van der Waals surface area (Å²) < 4.78 is 23.0. The Balaban J connectivity index is 2.55. The Kier molecular flexibility index (Phi) is 7.75. The Bertz CT molecular complexity index is 583. The lowest BCUT2D eigenvalue weighted by Gasteiger charge is -2.22. The van der Waals surface area contributed by atoms with E-state index in [0.29, 0.717) is 12.5 Å². The highest BCUT2D eigenvalue weighted by Gasteiger charge is 2.10. The summed E-state index contributed by atoms with van der Waals surface area (Å²) in [5, 5.41) is 3.10. The molecule has 0 saturated heterocycles. The number of aliphatic imine (C=N–C) groups is 1. The second-order valence-corrected chi connectivity index (χ2v) is 8.27. The maximum atomic E-state index is 11.5. The number of rotatable bonds is 7. The third-order valence-electron chi connectivity index (χ3n) is 3.29. The monoisotopic (exact) mass is 343 g/mol. The van der Waals surface area contributed by atoms with Crippen molar-refractivity contribution in [1.82, 2.24) is 10.2 Å². The van der Waals surface area contributed by atoms with Crippen LogP contribution in [-0.4, -0.2) is 57.7 Å². The minimum absolute atomic E-state index is 0.124. The molecule has 1 aromatic carbocycles. The third-order valence-corrected chi connectivity index (χ3v) is 5.74. The largest absolute Gasteiger partial charge is 0.355 e. The van der Waals surface area contributed by atoms with Crippen LogP contribution in [0.15, 0.2) is 34.2 Å². The predicted molar refractivity (Wildman–Crippen MR) is 95.4 cm³/mol. The van der Waals surface area contributed by atoms with E-state index in [9.17, 15) is 8.42 Å². The van der Waals surface area contributed by atoms with Crippen molar-refractivity contribution in [1.29, 1.82) is 0 Å². The molecular formula is C15H25N3O2S2. The molecule has 5 nitrogen and oxygen atoms in total. The first-order chi connectivity index (χ1) is 10.4. The Hall–Kier alpha value is -1.21. The van der Waals surface area contributed by atoms with E-state index in [2.05, 4.69) is 40.8 Å². The van der Waals surface area contributed by atoms with E-state index < -0.39 is 9.84 Å². The van der Waals surface area contributed by atoms with Crippen LogP contribution in [0.3, 0.4) is 0 Å². The summed E-state index contributed by atoms with van der Waals surface area (Å²) in [5.74, 6) is 0.990. The quantitative estimate of drug-likeness (QED) is 0.465. The molecule has 0 aromatic heterocycles. The van der Waals surface area contributed by atoms with Crippen molar-refractivity contribution in [3.8, 4) is 0 Å². The van der Waals surface area contributed by atoms with Crippen molar-refractivity contribution < 1.29 is 8.42 Å². The molecule has 0 bridgehead atoms. The fraction of sp³-hybridized carbons (Fsp3) is 0.533. The summed E-state index contributed by atoms with van der Waals surface area (Å²) in [6, 6.07) is 8.38. The summed E-state index contributed by atoms with van der Waals surface area (Å²) >= 11 is 1.72. The first-order valence-electron chi connectivity index (χ1n) is 7.17. The Morgan fingerprint density at radius 2 is 1.95 bits per heavy atom. The maximum absolute atomic E-state index is 11.5. The van der Waals surface area contributed by atoms with E-state index in [1.807, 2.05) is 11.9 Å². The van der Waals surface area contributed by atoms with Gasteiger partial charge >= 0.3 is 0 Å². The normalized spacial score (nSPS) is 12.3. The van der Waals surface area contributed by atoms with Gasteiger partial charge in [-0.05, 0) is 24.0 Å². The Morgan fingerprint density at radius 1 is 1.32 bits per heavy atom. The van der Waals surface area contributed by atoms with E-state index in [4.69, 9.17) is 0 Å². The van der Waals surface area contributed by atoms with Crippen LogP contribution >= 0.6 is 11.8 Å². The molecule has 0 aliphatic carbocycles. The van der Waals surface area contributed by atoms with Crippen LogP contribution in [0.25, 0.3) is 0 Å². The third kappa shape index (κ3) is 6.27. The SMILES string of the molecule is CCS(=O)(=O)CCNC(=NC)N(C)Cc1ccc(SC)cc1. The van der Waals surface area contributed by atoms with Gasteiger partial charge in [-0.2, -0.15) is 0 Å². The Morgan fingerprint density at radius 3 is 2.45 bits per heavy atom. The maximum Gasteiger partial charge on any atom is 0.193 e. The number of benzene rings is 1. The molecule has 22 heavy (non-hydrogen) atoms. The van der Waals surface area contributed by atoms with Gasteiger partial charge in [-0.1, -0.05) is 19.1 Å². The first kappa shape index (κ1) is 18.8. The van der Waals surface area contributed by atoms with Crippen molar-refractivity contribution in [3.63, 3.8) is 0 Å². The summed E-state index contributed by atoms with van der Waals surface area (Å²) in [5.41, 5.74) is 1.18. The zero-order chi connectivity index (χ0) is 16.6. The molecule has 0 unspecified atom stereocenters. The zero-order valence-electron chi connectivity index (χ0n) is 13.7. The van der Waals surface area contributed by atoms with Gasteiger partial charge in [0.25, 0.3) is 0 Å². The van der Waals surface area contributed by atoms with Gasteiger partial charge in [-0.25, -0.2) is 8.42 Å². The van der Waals surface area contributed by atoms with Gasteiger partial charge in [0.05, 0.1) is 5.75 Å². The highest BCUT2D eigenvalue weighted by atomic mass is 32.2. The second kappa shape index (κ2) is 9.05. The molecule has 7 heteroatoms. The number of thioether (sulfide) groups is 1. The minimum Gasteiger partial charge on any atom is -0.355 e. The molecule has 124 valence electrons. The molecule has 1 aromatic rings. The molecular weight excluding hydrogens is 318 g/mol. The number of hydrogen-bond donors (Lipinski definition) is 1. The second-order valence-electron chi connectivity index (χ2n) is 4.91. The molecule has 0 spiro atoms. The van der Waals surface area contributed by atoms with Gasteiger partial charge in [-0.15, -0.1) is 11.8 Å². The summed E-state index contributed by atoms with van der Waals surface area (Å²) in [6.07, 6.45) is 2.05. The molecule has 0 radical (unpaired) electrons. The van der Waals surface area contributed by atoms with E-state index in [1.165, 1.54) is 10.5 Å². The molecule has 0 atom stereocenters. The van der Waals surface area contributed by atoms with Crippen LogP contribution in [-0.2, 0) is 16.4 Å². The Labute approximate surface area is 138 Å². The van der Waals surface area contributed by atoms with Gasteiger partial charge in [0.1, 0.15) is 0 Å². The van der Waals surface area contributed by atoms with Crippen LogP contribution in [0.4, 0.5) is 0 Å². The lowest BCUT2D eigenvalue weighted by atomic mass is 10.2. The molecule has 1 N–H and O–H groups in total. The van der Waals surface area contributed by atoms with Crippen LogP contribution in [0, 0.1) is 0 Å². The lowest BCUT2D eigenvalue weighted by Crippen LogP contribution is -2.40. The highest BCUT2D eigenvalue weighted by molar-refractivity contribution is 7.98. The molecule has 0 aliphatic rings. The van der Waals surface area contributed by atoms with E-state index in [-0.39, 0.29) is 11.5 Å². The fourth-order valence-corrected chi connectivity index (χ4v) is 3.04. The van der Waals surface area contributed by atoms with Crippen LogP contribution in [0.2, 0.25) is 0 Å². The van der Waals surface area contributed by atoms with Crippen molar-refractivity contribution in [2.75, 3.05) is 38.4 Å². The number of guanidine groups is 1. The highest BCUT2D eigenvalue weighted by Crippen LogP contribution is 2.15. The van der Waals surface area contributed by atoms with Crippen molar-refractivity contribution in [2.24, 2.45) is 4.99 Å². The van der Waals surface area contributed by atoms with Crippen LogP contribution < -0.4 is 5.32 Å². The standard InChI is InChI=1S/C15H25N3O2S2/c1-5-22(19,20)11-10-17-15(16-2)18(3)12-13-6-8-14(21-4)9-7-13/h6-9H,5,10-12H2,1-4H3,(H,16,17). The summed E-state index contributed by atoms with van der Waals surface area (Å²) in [6.45, 7) is 2.75. The minimum atomic E-state index is -2.95. The van der Waals surface area contributed by atoms with Crippen molar-refractivity contribution in [3.05, 3.63) is 29.8 Å². The lowest BCUT2D eigenvalue weighted by molar-refractivity contribution is 0.478. The van der Waals surface area contributed by atoms with Gasteiger partial charge < -0.3 is 10.2 Å². The summed E-state index contributed by atoms with van der Waals surface area (Å²) in [7, 11) is 0.681. The van der Waals surface area contributed by atoms with Gasteiger partial charge in [0.2, 0.25) is 0 Å². The molecule has 0 heterocycles. The van der Waals surface area contributed by atoms with Crippen molar-refractivity contribution >= 4 is 27.6 Å². The molecule has 1 rings (SSSR count). The fourth-order valence-electron chi connectivity index (χ4n) is 1.93. The summed E-state index contributed by atoms with van der Waals surface area (Å²) in [4.78, 5) is 7.41. The topological polar surface area (TPSA) is 61.8 Å². The number of hydrogen-bond acceptors (Lipinski definition) is 4. The average molecular weight is 344 g/mol. The average Bonchev–Trinajstić information content (AvgIpc) is 2.52. The van der Waals surface area contributed by atoms with Gasteiger partial charge in [-0.3, -0.25) is 4.99 Å². The van der Waals surface area contributed by atoms with Gasteiger partial charge in [0, 0.05) is 37.8 Å². The van der Waals surface area contributed by atoms with Crippen LogP contribution in [0.1, 0.15) is 12.5 Å². The first-order valence-corrected chi connectivity index (χ1v) is 10.2. The number of nitrogens with one attached hydrogen (secondary N) is 1. The van der Waals surface area contributed by atoms with Gasteiger partial charge in [0.15, 0.2) is 15.8 Å². The predicted octanol–water partition coefficient (Wildman–Crippen LogP) is 1.85. The molecule has 0 saturated carbocycles. The smallest absolute Gasteiger partial charge is 0.193 e. The molecule has 0 aliphatic heterocycles. The number of nitrogens with zero attached hydrogens (tertiary/aromatic N) is 2. The van der Waals surface area contributed by atoms with E-state index >= 15 is 0 Å². The zero-order valence-corrected chi connectivity index (χ0v) is 15.3.